The lowest BCUT2D eigenvalue weighted by Crippen LogP contribution is -2.50. The molecule has 2 aromatic rings. The molecule has 0 aromatic heterocycles. The lowest BCUT2D eigenvalue weighted by Gasteiger charge is -2.48. The third kappa shape index (κ3) is 3.80. The minimum Gasteiger partial charge on any atom is -0.497 e. The molecular weight excluding hydrogens is 355 g/mol. The van der Waals surface area contributed by atoms with Crippen LogP contribution < -0.4 is 4.74 Å². The van der Waals surface area contributed by atoms with Crippen molar-refractivity contribution in [2.24, 2.45) is 0 Å². The summed E-state index contributed by atoms with van der Waals surface area (Å²) in [6.45, 7) is 3.38. The van der Waals surface area contributed by atoms with Crippen molar-refractivity contribution in [2.45, 2.75) is 18.5 Å². The predicted octanol–water partition coefficient (Wildman–Crippen LogP) is 4.12. The third-order valence-corrected chi connectivity index (χ3v) is 5.33. The Balaban J connectivity index is 0.00000113. The molecule has 0 radical (unpaired) electrons. The number of benzene rings is 2. The highest BCUT2D eigenvalue weighted by Crippen LogP contribution is 2.42. The SMILES string of the molecule is COc1ccc2c(c1)C[C@@H](c1ccccc1)N1CCN(C)C[C@@H]21.Cl.Cl. The summed E-state index contributed by atoms with van der Waals surface area (Å²) >= 11 is 0. The highest BCUT2D eigenvalue weighted by molar-refractivity contribution is 5.85. The summed E-state index contributed by atoms with van der Waals surface area (Å²) in [7, 11) is 3.98. The van der Waals surface area contributed by atoms with Gasteiger partial charge < -0.3 is 9.64 Å². The number of hydrogen-bond donors (Lipinski definition) is 0. The van der Waals surface area contributed by atoms with Gasteiger partial charge in [0, 0.05) is 31.7 Å². The quantitative estimate of drug-likeness (QED) is 0.778. The van der Waals surface area contributed by atoms with Gasteiger partial charge in [-0.05, 0) is 42.3 Å². The predicted molar refractivity (Wildman–Crippen MR) is 107 cm³/mol. The number of ether oxygens (including phenoxy) is 1. The van der Waals surface area contributed by atoms with E-state index >= 15 is 0 Å². The third-order valence-electron chi connectivity index (χ3n) is 5.33. The lowest BCUT2D eigenvalue weighted by molar-refractivity contribution is 0.0403. The van der Waals surface area contributed by atoms with Crippen molar-refractivity contribution in [2.75, 3.05) is 33.8 Å². The van der Waals surface area contributed by atoms with Crippen molar-refractivity contribution < 1.29 is 4.74 Å². The zero-order valence-electron chi connectivity index (χ0n) is 14.7. The Labute approximate surface area is 162 Å². The molecule has 1 fully saturated rings. The summed E-state index contributed by atoms with van der Waals surface area (Å²) in [5.74, 6) is 0.966. The second kappa shape index (κ2) is 8.41. The summed E-state index contributed by atoms with van der Waals surface area (Å²) < 4.78 is 5.45. The van der Waals surface area contributed by atoms with E-state index in [2.05, 4.69) is 65.4 Å². The molecule has 0 spiro atoms. The first-order valence-electron chi connectivity index (χ1n) is 8.42. The number of piperazine rings is 1. The van der Waals surface area contributed by atoms with Crippen LogP contribution in [0.1, 0.15) is 28.8 Å². The van der Waals surface area contributed by atoms with E-state index in [0.717, 1.165) is 31.8 Å². The molecular formula is C20H26Cl2N2O. The standard InChI is InChI=1S/C20H24N2O.2ClH/c1-21-10-11-22-19(15-6-4-3-5-7-15)13-16-12-17(23-2)8-9-18(16)20(22)14-21;;/h3-9,12,19-20H,10-11,13-14H2,1-2H3;2*1H/t19-,20-;;/m0../s1. The van der Waals surface area contributed by atoms with Crippen LogP contribution in [0.25, 0.3) is 0 Å². The van der Waals surface area contributed by atoms with Gasteiger partial charge in [0.15, 0.2) is 0 Å². The second-order valence-electron chi connectivity index (χ2n) is 6.71. The van der Waals surface area contributed by atoms with E-state index in [-0.39, 0.29) is 24.8 Å². The Morgan fingerprint density at radius 2 is 1.72 bits per heavy atom. The van der Waals surface area contributed by atoms with Gasteiger partial charge in [0.25, 0.3) is 0 Å². The van der Waals surface area contributed by atoms with E-state index in [1.807, 2.05) is 0 Å². The van der Waals surface area contributed by atoms with Gasteiger partial charge in [-0.1, -0.05) is 36.4 Å². The Bertz CT molecular complexity index is 695. The summed E-state index contributed by atoms with van der Waals surface area (Å²) in [5, 5.41) is 0. The van der Waals surface area contributed by atoms with Gasteiger partial charge in [-0.3, -0.25) is 4.90 Å². The fourth-order valence-corrected chi connectivity index (χ4v) is 4.10. The maximum Gasteiger partial charge on any atom is 0.119 e. The summed E-state index contributed by atoms with van der Waals surface area (Å²) in [6, 6.07) is 18.5. The van der Waals surface area contributed by atoms with E-state index in [1.54, 1.807) is 7.11 Å². The van der Waals surface area contributed by atoms with Crippen molar-refractivity contribution >= 4 is 24.8 Å². The molecule has 1 saturated heterocycles. The molecule has 2 heterocycles. The van der Waals surface area contributed by atoms with E-state index in [1.165, 1.54) is 16.7 Å². The maximum absolute atomic E-state index is 5.45. The molecule has 4 rings (SSSR count). The zero-order valence-corrected chi connectivity index (χ0v) is 16.4. The average Bonchev–Trinajstić information content (AvgIpc) is 2.61. The van der Waals surface area contributed by atoms with Crippen LogP contribution >= 0.6 is 24.8 Å². The molecule has 0 amide bonds. The molecule has 0 aliphatic carbocycles. The maximum atomic E-state index is 5.45. The van der Waals surface area contributed by atoms with Crippen molar-refractivity contribution in [3.05, 3.63) is 65.2 Å². The molecule has 5 heteroatoms. The number of likely N-dealkylation sites (N-methyl/N-ethyl adjacent to an activating group) is 1. The van der Waals surface area contributed by atoms with Crippen LogP contribution in [0.5, 0.6) is 5.75 Å². The zero-order chi connectivity index (χ0) is 15.8. The van der Waals surface area contributed by atoms with Gasteiger partial charge in [0.1, 0.15) is 5.75 Å². The minimum absolute atomic E-state index is 0. The molecule has 25 heavy (non-hydrogen) atoms. The molecule has 2 aromatic carbocycles. The first-order valence-corrected chi connectivity index (χ1v) is 8.42. The van der Waals surface area contributed by atoms with Gasteiger partial charge >= 0.3 is 0 Å². The second-order valence-corrected chi connectivity index (χ2v) is 6.71. The molecule has 0 N–H and O–H groups in total. The molecule has 0 bridgehead atoms. The highest BCUT2D eigenvalue weighted by atomic mass is 35.5. The summed E-state index contributed by atoms with van der Waals surface area (Å²) in [6.07, 6.45) is 1.07. The van der Waals surface area contributed by atoms with E-state index in [4.69, 9.17) is 4.74 Å². The highest BCUT2D eigenvalue weighted by Gasteiger charge is 2.37. The molecule has 2 atom stereocenters. The molecule has 136 valence electrons. The van der Waals surface area contributed by atoms with E-state index in [0.29, 0.717) is 12.1 Å². The number of halogens is 2. The molecule has 2 aliphatic heterocycles. The summed E-state index contributed by atoms with van der Waals surface area (Å²) in [5.41, 5.74) is 4.34. The van der Waals surface area contributed by atoms with E-state index in [9.17, 15) is 0 Å². The Morgan fingerprint density at radius 3 is 2.44 bits per heavy atom. The fraction of sp³-hybridized carbons (Fsp3) is 0.400. The normalized spacial score (nSPS) is 22.8. The number of fused-ring (bicyclic) bond motifs is 3. The van der Waals surface area contributed by atoms with Crippen LogP contribution in [0, 0.1) is 0 Å². The van der Waals surface area contributed by atoms with Crippen LogP contribution in [0.2, 0.25) is 0 Å². The van der Waals surface area contributed by atoms with Gasteiger partial charge in [0.2, 0.25) is 0 Å². The Kier molecular flexibility index (Phi) is 6.75. The van der Waals surface area contributed by atoms with Crippen molar-refractivity contribution in [3.8, 4) is 5.75 Å². The first kappa shape index (κ1) is 20.1. The number of hydrogen-bond acceptors (Lipinski definition) is 3. The monoisotopic (exact) mass is 380 g/mol. The number of rotatable bonds is 2. The fourth-order valence-electron chi connectivity index (χ4n) is 4.10. The topological polar surface area (TPSA) is 15.7 Å². The first-order chi connectivity index (χ1) is 11.3. The minimum atomic E-state index is 0. The van der Waals surface area contributed by atoms with Gasteiger partial charge in [-0.15, -0.1) is 24.8 Å². The molecule has 3 nitrogen and oxygen atoms in total. The Hall–Kier alpha value is -1.26. The summed E-state index contributed by atoms with van der Waals surface area (Å²) in [4.78, 5) is 5.15. The largest absolute Gasteiger partial charge is 0.497 e. The number of methoxy groups -OCH3 is 1. The Morgan fingerprint density at radius 1 is 0.960 bits per heavy atom. The molecule has 0 unspecified atom stereocenters. The van der Waals surface area contributed by atoms with Gasteiger partial charge in [-0.25, -0.2) is 0 Å². The van der Waals surface area contributed by atoms with Crippen molar-refractivity contribution in [3.63, 3.8) is 0 Å². The van der Waals surface area contributed by atoms with Gasteiger partial charge in [-0.2, -0.15) is 0 Å². The van der Waals surface area contributed by atoms with Crippen LogP contribution in [0.4, 0.5) is 0 Å². The van der Waals surface area contributed by atoms with Crippen LogP contribution in [0.3, 0.4) is 0 Å². The van der Waals surface area contributed by atoms with Crippen LogP contribution in [-0.2, 0) is 6.42 Å². The van der Waals surface area contributed by atoms with Crippen LogP contribution in [0.15, 0.2) is 48.5 Å². The molecule has 2 aliphatic rings. The molecule has 0 saturated carbocycles. The van der Waals surface area contributed by atoms with Crippen LogP contribution in [-0.4, -0.2) is 43.6 Å². The van der Waals surface area contributed by atoms with E-state index < -0.39 is 0 Å². The lowest BCUT2D eigenvalue weighted by atomic mass is 9.84. The number of nitrogens with zero attached hydrogens (tertiary/aromatic N) is 2. The average molecular weight is 381 g/mol. The smallest absolute Gasteiger partial charge is 0.119 e. The van der Waals surface area contributed by atoms with Crippen molar-refractivity contribution in [1.29, 1.82) is 0 Å². The van der Waals surface area contributed by atoms with Crippen molar-refractivity contribution in [1.82, 2.24) is 9.80 Å². The van der Waals surface area contributed by atoms with Gasteiger partial charge in [0.05, 0.1) is 7.11 Å².